The topological polar surface area (TPSA) is 76.8 Å². The Hall–Kier alpha value is -1.95. The Labute approximate surface area is 138 Å². The molecular formula is C17H29N3O3. The van der Waals surface area contributed by atoms with Gasteiger partial charge in [-0.15, -0.1) is 0 Å². The minimum atomic E-state index is -0.524. The molecule has 1 aromatic rings. The first-order chi connectivity index (χ1) is 10.7. The molecule has 3 N–H and O–H groups in total. The van der Waals surface area contributed by atoms with Crippen LogP contribution in [0, 0.1) is 0 Å². The maximum absolute atomic E-state index is 11.9. The first-order valence-electron chi connectivity index (χ1n) is 7.74. The third-order valence-corrected chi connectivity index (χ3v) is 3.54. The average Bonchev–Trinajstić information content (AvgIpc) is 2.45. The van der Waals surface area contributed by atoms with Gasteiger partial charge in [-0.2, -0.15) is 0 Å². The summed E-state index contributed by atoms with van der Waals surface area (Å²) < 4.78 is 10.5. The second kappa shape index (κ2) is 8.06. The molecule has 0 radical (unpaired) electrons. The van der Waals surface area contributed by atoms with Crippen LogP contribution < -0.4 is 20.7 Å². The predicted molar refractivity (Wildman–Crippen MR) is 93.1 cm³/mol. The highest BCUT2D eigenvalue weighted by Gasteiger charge is 2.25. The van der Waals surface area contributed by atoms with Crippen molar-refractivity contribution in [1.29, 1.82) is 0 Å². The number of amides is 1. The first-order valence-corrected chi connectivity index (χ1v) is 7.74. The molecule has 23 heavy (non-hydrogen) atoms. The van der Waals surface area contributed by atoms with Gasteiger partial charge >= 0.3 is 6.09 Å². The van der Waals surface area contributed by atoms with Gasteiger partial charge in [0.25, 0.3) is 0 Å². The Balaban J connectivity index is 2.74. The Morgan fingerprint density at radius 1 is 1.30 bits per heavy atom. The molecule has 0 fully saturated rings. The molecule has 6 nitrogen and oxygen atoms in total. The standard InChI is InChI=1S/C17H29N3O3/c1-12(19-16(21)23-17(2,3)4)15(11-18)20(5)13-7-9-14(22-6)10-8-13/h7-10,12,15H,11,18H2,1-6H3,(H,19,21). The summed E-state index contributed by atoms with van der Waals surface area (Å²) in [6.45, 7) is 7.82. The van der Waals surface area contributed by atoms with Crippen molar-refractivity contribution in [1.82, 2.24) is 5.32 Å². The van der Waals surface area contributed by atoms with E-state index >= 15 is 0 Å². The number of methoxy groups -OCH3 is 1. The summed E-state index contributed by atoms with van der Waals surface area (Å²) in [5, 5.41) is 2.85. The number of nitrogens with zero attached hydrogens (tertiary/aromatic N) is 1. The van der Waals surface area contributed by atoms with E-state index < -0.39 is 11.7 Å². The quantitative estimate of drug-likeness (QED) is 0.840. The van der Waals surface area contributed by atoms with Gasteiger partial charge in [-0.3, -0.25) is 0 Å². The first kappa shape index (κ1) is 19.1. The van der Waals surface area contributed by atoms with Crippen molar-refractivity contribution in [2.45, 2.75) is 45.4 Å². The van der Waals surface area contributed by atoms with Crippen LogP contribution in [0.25, 0.3) is 0 Å². The second-order valence-electron chi connectivity index (χ2n) is 6.55. The van der Waals surface area contributed by atoms with E-state index in [1.807, 2.05) is 63.9 Å². The fourth-order valence-corrected chi connectivity index (χ4v) is 2.30. The van der Waals surface area contributed by atoms with E-state index in [9.17, 15) is 4.79 Å². The van der Waals surface area contributed by atoms with Gasteiger partial charge in [0.15, 0.2) is 0 Å². The highest BCUT2D eigenvalue weighted by molar-refractivity contribution is 5.68. The lowest BCUT2D eigenvalue weighted by Gasteiger charge is -2.34. The molecule has 1 aromatic carbocycles. The van der Waals surface area contributed by atoms with Crippen LogP contribution in [0.5, 0.6) is 5.75 Å². The molecular weight excluding hydrogens is 294 g/mol. The third-order valence-electron chi connectivity index (χ3n) is 3.54. The highest BCUT2D eigenvalue weighted by Crippen LogP contribution is 2.20. The van der Waals surface area contributed by atoms with E-state index in [-0.39, 0.29) is 12.1 Å². The van der Waals surface area contributed by atoms with Crippen LogP contribution in [0.15, 0.2) is 24.3 Å². The molecule has 0 aliphatic carbocycles. The van der Waals surface area contributed by atoms with Gasteiger partial charge in [-0.05, 0) is 52.0 Å². The van der Waals surface area contributed by atoms with Crippen LogP contribution in [0.2, 0.25) is 0 Å². The third kappa shape index (κ3) is 5.98. The molecule has 1 amide bonds. The summed E-state index contributed by atoms with van der Waals surface area (Å²) in [4.78, 5) is 14.0. The van der Waals surface area contributed by atoms with Gasteiger partial charge in [-0.25, -0.2) is 4.79 Å². The van der Waals surface area contributed by atoms with Gasteiger partial charge < -0.3 is 25.4 Å². The zero-order valence-electron chi connectivity index (χ0n) is 14.9. The molecule has 1 rings (SSSR count). The van der Waals surface area contributed by atoms with E-state index in [4.69, 9.17) is 15.2 Å². The molecule has 2 atom stereocenters. The number of carbonyl (C=O) groups is 1. The average molecular weight is 323 g/mol. The molecule has 0 spiro atoms. The fourth-order valence-electron chi connectivity index (χ4n) is 2.30. The lowest BCUT2D eigenvalue weighted by Crippen LogP contribution is -2.53. The molecule has 0 bridgehead atoms. The number of rotatable bonds is 6. The van der Waals surface area contributed by atoms with Gasteiger partial charge in [0.05, 0.1) is 19.2 Å². The monoisotopic (exact) mass is 323 g/mol. The lowest BCUT2D eigenvalue weighted by molar-refractivity contribution is 0.0502. The van der Waals surface area contributed by atoms with Gasteiger partial charge in [0.2, 0.25) is 0 Å². The number of hydrogen-bond donors (Lipinski definition) is 2. The normalized spacial score (nSPS) is 13.9. The van der Waals surface area contributed by atoms with Crippen molar-refractivity contribution in [2.24, 2.45) is 5.73 Å². The van der Waals surface area contributed by atoms with Crippen LogP contribution in [-0.2, 0) is 4.74 Å². The molecule has 0 saturated carbocycles. The van der Waals surface area contributed by atoms with Crippen molar-refractivity contribution in [2.75, 3.05) is 25.6 Å². The van der Waals surface area contributed by atoms with Crippen LogP contribution in [0.4, 0.5) is 10.5 Å². The van der Waals surface area contributed by atoms with Crippen molar-refractivity contribution in [3.05, 3.63) is 24.3 Å². The molecule has 0 aliphatic heterocycles. The summed E-state index contributed by atoms with van der Waals surface area (Å²) in [7, 11) is 3.58. The number of carbonyl (C=O) groups excluding carboxylic acids is 1. The van der Waals surface area contributed by atoms with E-state index in [2.05, 4.69) is 5.32 Å². The summed E-state index contributed by atoms with van der Waals surface area (Å²) >= 11 is 0. The Bertz CT molecular complexity index is 497. The number of anilines is 1. The largest absolute Gasteiger partial charge is 0.497 e. The Kier molecular flexibility index (Phi) is 6.69. The van der Waals surface area contributed by atoms with Gasteiger partial charge in [-0.1, -0.05) is 0 Å². The molecule has 0 saturated heterocycles. The number of alkyl carbamates (subject to hydrolysis) is 1. The van der Waals surface area contributed by atoms with E-state index in [1.165, 1.54) is 0 Å². The molecule has 0 aliphatic rings. The zero-order valence-corrected chi connectivity index (χ0v) is 14.9. The van der Waals surface area contributed by atoms with Crippen LogP contribution >= 0.6 is 0 Å². The molecule has 2 unspecified atom stereocenters. The van der Waals surface area contributed by atoms with Crippen molar-refractivity contribution in [3.63, 3.8) is 0 Å². The summed E-state index contributed by atoms with van der Waals surface area (Å²) in [6, 6.07) is 7.48. The maximum atomic E-state index is 11.9. The van der Waals surface area contributed by atoms with Gasteiger partial charge in [0.1, 0.15) is 11.4 Å². The zero-order chi connectivity index (χ0) is 17.6. The number of benzene rings is 1. The minimum absolute atomic E-state index is 0.0593. The number of nitrogens with one attached hydrogen (secondary N) is 1. The number of hydrogen-bond acceptors (Lipinski definition) is 5. The number of likely N-dealkylation sites (N-methyl/N-ethyl adjacent to an activating group) is 1. The molecule has 0 aromatic heterocycles. The summed E-state index contributed by atoms with van der Waals surface area (Å²) in [5.74, 6) is 0.798. The predicted octanol–water partition coefficient (Wildman–Crippen LogP) is 2.37. The van der Waals surface area contributed by atoms with E-state index in [0.29, 0.717) is 6.54 Å². The van der Waals surface area contributed by atoms with Crippen molar-refractivity contribution in [3.8, 4) is 5.75 Å². The van der Waals surface area contributed by atoms with Crippen LogP contribution in [0.1, 0.15) is 27.7 Å². The minimum Gasteiger partial charge on any atom is -0.497 e. The van der Waals surface area contributed by atoms with Crippen LogP contribution in [-0.4, -0.2) is 44.5 Å². The maximum Gasteiger partial charge on any atom is 0.407 e. The second-order valence-corrected chi connectivity index (χ2v) is 6.55. The van der Waals surface area contributed by atoms with Gasteiger partial charge in [0, 0.05) is 19.3 Å². The highest BCUT2D eigenvalue weighted by atomic mass is 16.6. The molecule has 0 heterocycles. The summed E-state index contributed by atoms with van der Waals surface area (Å²) in [5.41, 5.74) is 6.39. The summed E-state index contributed by atoms with van der Waals surface area (Å²) in [6.07, 6.45) is -0.438. The Morgan fingerprint density at radius 2 is 1.87 bits per heavy atom. The van der Waals surface area contributed by atoms with Crippen molar-refractivity contribution < 1.29 is 14.3 Å². The smallest absolute Gasteiger partial charge is 0.407 e. The fraction of sp³-hybridized carbons (Fsp3) is 0.588. The van der Waals surface area contributed by atoms with Crippen LogP contribution in [0.3, 0.4) is 0 Å². The van der Waals surface area contributed by atoms with E-state index in [0.717, 1.165) is 11.4 Å². The lowest BCUT2D eigenvalue weighted by atomic mass is 10.1. The molecule has 130 valence electrons. The molecule has 6 heteroatoms. The van der Waals surface area contributed by atoms with E-state index in [1.54, 1.807) is 7.11 Å². The SMILES string of the molecule is COc1ccc(N(C)C(CN)C(C)NC(=O)OC(C)(C)C)cc1. The number of ether oxygens (including phenoxy) is 2. The Morgan fingerprint density at radius 3 is 2.30 bits per heavy atom. The van der Waals surface area contributed by atoms with Crippen molar-refractivity contribution >= 4 is 11.8 Å². The number of nitrogens with two attached hydrogens (primary N) is 1.